The fraction of sp³-hybridized carbons (Fsp3) is 0.286. The van der Waals surface area contributed by atoms with Gasteiger partial charge >= 0.3 is 5.97 Å². The first-order chi connectivity index (χ1) is 10.4. The van der Waals surface area contributed by atoms with Crippen LogP contribution in [0.15, 0.2) is 28.9 Å². The Bertz CT molecular complexity index is 731. The Morgan fingerprint density at radius 1 is 1.59 bits per heavy atom. The van der Waals surface area contributed by atoms with Gasteiger partial charge < -0.3 is 15.2 Å². The second kappa shape index (κ2) is 6.61. The van der Waals surface area contributed by atoms with Crippen molar-refractivity contribution >= 4 is 40.5 Å². The molecule has 8 heteroatoms. The summed E-state index contributed by atoms with van der Waals surface area (Å²) in [6.45, 7) is 3.47. The van der Waals surface area contributed by atoms with Crippen molar-refractivity contribution in [3.8, 4) is 6.07 Å². The standard InChI is InChI=1S/C14H12Cl2N2O3S/c1-3-20-14(19)10-6(2)21-13(18)7(5-17)11(10)12-8(15)4-9(16)22-12/h4,11H,3,18H2,1-2H3. The van der Waals surface area contributed by atoms with Gasteiger partial charge in [-0.25, -0.2) is 4.79 Å². The number of ether oxygens (including phenoxy) is 2. The maximum atomic E-state index is 12.3. The quantitative estimate of drug-likeness (QED) is 0.832. The van der Waals surface area contributed by atoms with Gasteiger partial charge in [-0.1, -0.05) is 23.2 Å². The summed E-state index contributed by atoms with van der Waals surface area (Å²) < 4.78 is 10.8. The lowest BCUT2D eigenvalue weighted by Gasteiger charge is -2.26. The molecule has 0 saturated carbocycles. The number of rotatable bonds is 3. The zero-order valence-electron chi connectivity index (χ0n) is 11.8. The highest BCUT2D eigenvalue weighted by molar-refractivity contribution is 7.16. The minimum Gasteiger partial charge on any atom is -0.463 e. The van der Waals surface area contributed by atoms with E-state index in [-0.39, 0.29) is 29.4 Å². The molecule has 0 aromatic carbocycles. The Kier molecular flexibility index (Phi) is 5.01. The van der Waals surface area contributed by atoms with Crippen LogP contribution in [0.5, 0.6) is 0 Å². The average Bonchev–Trinajstić information content (AvgIpc) is 2.76. The maximum Gasteiger partial charge on any atom is 0.338 e. The number of esters is 1. The number of allylic oxidation sites excluding steroid dienone is 2. The van der Waals surface area contributed by atoms with Crippen LogP contribution in [0.2, 0.25) is 9.36 Å². The van der Waals surface area contributed by atoms with Crippen LogP contribution in [0.1, 0.15) is 24.6 Å². The van der Waals surface area contributed by atoms with Gasteiger partial charge in [-0.3, -0.25) is 0 Å². The lowest BCUT2D eigenvalue weighted by atomic mass is 9.87. The van der Waals surface area contributed by atoms with Crippen LogP contribution in [0.4, 0.5) is 0 Å². The number of carbonyl (C=O) groups is 1. The van der Waals surface area contributed by atoms with Crippen molar-refractivity contribution in [1.29, 1.82) is 5.26 Å². The molecule has 2 N–H and O–H groups in total. The topological polar surface area (TPSA) is 85.3 Å². The van der Waals surface area contributed by atoms with Crippen molar-refractivity contribution in [3.05, 3.63) is 43.1 Å². The number of carbonyl (C=O) groups excluding carboxylic acids is 1. The van der Waals surface area contributed by atoms with E-state index in [9.17, 15) is 10.1 Å². The van der Waals surface area contributed by atoms with E-state index in [2.05, 4.69) is 0 Å². The van der Waals surface area contributed by atoms with Gasteiger partial charge in [-0.2, -0.15) is 5.26 Å². The largest absolute Gasteiger partial charge is 0.463 e. The third-order valence-electron chi connectivity index (χ3n) is 3.05. The van der Waals surface area contributed by atoms with Crippen molar-refractivity contribution in [3.63, 3.8) is 0 Å². The van der Waals surface area contributed by atoms with E-state index in [4.69, 9.17) is 38.4 Å². The fourth-order valence-electron chi connectivity index (χ4n) is 2.17. The SMILES string of the molecule is CCOC(=O)C1=C(C)OC(N)=C(C#N)C1c1sc(Cl)cc1Cl. The Morgan fingerprint density at radius 2 is 2.27 bits per heavy atom. The third-order valence-corrected chi connectivity index (χ3v) is 4.80. The number of nitriles is 1. The fourth-order valence-corrected chi connectivity index (χ4v) is 3.88. The maximum absolute atomic E-state index is 12.3. The van der Waals surface area contributed by atoms with Gasteiger partial charge in [0.15, 0.2) is 0 Å². The van der Waals surface area contributed by atoms with Crippen LogP contribution in [-0.4, -0.2) is 12.6 Å². The molecule has 1 unspecified atom stereocenters. The van der Waals surface area contributed by atoms with E-state index >= 15 is 0 Å². The van der Waals surface area contributed by atoms with E-state index in [1.54, 1.807) is 19.9 Å². The van der Waals surface area contributed by atoms with Crippen LogP contribution >= 0.6 is 34.5 Å². The van der Waals surface area contributed by atoms with Gasteiger partial charge in [0.05, 0.1) is 27.5 Å². The minimum absolute atomic E-state index is 0.0568. The zero-order valence-corrected chi connectivity index (χ0v) is 14.1. The molecule has 0 saturated heterocycles. The van der Waals surface area contributed by atoms with E-state index in [1.165, 1.54) is 11.3 Å². The first kappa shape index (κ1) is 16.7. The molecule has 1 aliphatic rings. The van der Waals surface area contributed by atoms with E-state index in [0.717, 1.165) is 0 Å². The summed E-state index contributed by atoms with van der Waals surface area (Å²) in [4.78, 5) is 12.8. The second-order valence-corrected chi connectivity index (χ2v) is 6.50. The Labute approximate surface area is 141 Å². The van der Waals surface area contributed by atoms with Gasteiger partial charge in [0.25, 0.3) is 0 Å². The molecule has 2 heterocycles. The predicted octanol–water partition coefficient (Wildman–Crippen LogP) is 3.70. The summed E-state index contributed by atoms with van der Waals surface area (Å²) in [6.07, 6.45) is 0. The number of thiophene rings is 1. The van der Waals surface area contributed by atoms with Crippen molar-refractivity contribution in [1.82, 2.24) is 0 Å². The number of halogens is 2. The van der Waals surface area contributed by atoms with Crippen LogP contribution < -0.4 is 5.73 Å². The Hall–Kier alpha value is -1.68. The van der Waals surface area contributed by atoms with Crippen molar-refractivity contribution in [2.24, 2.45) is 5.73 Å². The molecule has 0 aliphatic carbocycles. The van der Waals surface area contributed by atoms with Crippen LogP contribution in [0.3, 0.4) is 0 Å². The summed E-state index contributed by atoms with van der Waals surface area (Å²) in [7, 11) is 0. The Balaban J connectivity index is 2.64. The molecule has 0 bridgehead atoms. The molecule has 0 radical (unpaired) electrons. The monoisotopic (exact) mass is 358 g/mol. The molecule has 0 spiro atoms. The highest BCUT2D eigenvalue weighted by atomic mass is 35.5. The van der Waals surface area contributed by atoms with E-state index in [0.29, 0.717) is 14.2 Å². The number of nitrogens with zero attached hydrogens (tertiary/aromatic N) is 1. The first-order valence-electron chi connectivity index (χ1n) is 6.30. The minimum atomic E-state index is -0.747. The molecule has 1 atom stereocenters. The van der Waals surface area contributed by atoms with Gasteiger partial charge in [0, 0.05) is 4.88 Å². The number of nitrogens with two attached hydrogens (primary N) is 1. The lowest BCUT2D eigenvalue weighted by molar-refractivity contribution is -0.139. The normalized spacial score (nSPS) is 18.0. The van der Waals surface area contributed by atoms with Gasteiger partial charge in [-0.05, 0) is 19.9 Å². The van der Waals surface area contributed by atoms with Crippen molar-refractivity contribution in [2.45, 2.75) is 19.8 Å². The molecule has 2 rings (SSSR count). The highest BCUT2D eigenvalue weighted by Crippen LogP contribution is 2.46. The zero-order chi connectivity index (χ0) is 16.4. The Morgan fingerprint density at radius 3 is 2.77 bits per heavy atom. The molecule has 116 valence electrons. The smallest absolute Gasteiger partial charge is 0.338 e. The summed E-state index contributed by atoms with van der Waals surface area (Å²) in [6, 6.07) is 3.54. The average molecular weight is 359 g/mol. The summed E-state index contributed by atoms with van der Waals surface area (Å²) in [5, 5.41) is 9.75. The van der Waals surface area contributed by atoms with Gasteiger partial charge in [0.2, 0.25) is 5.88 Å². The molecular weight excluding hydrogens is 347 g/mol. The third kappa shape index (κ3) is 2.93. The van der Waals surface area contributed by atoms with Crippen LogP contribution in [0.25, 0.3) is 0 Å². The van der Waals surface area contributed by atoms with Gasteiger partial charge in [0.1, 0.15) is 17.4 Å². The van der Waals surface area contributed by atoms with E-state index < -0.39 is 11.9 Å². The summed E-state index contributed by atoms with van der Waals surface area (Å²) in [5.74, 6) is -1.10. The number of hydrogen-bond acceptors (Lipinski definition) is 6. The summed E-state index contributed by atoms with van der Waals surface area (Å²) >= 11 is 13.3. The molecule has 0 fully saturated rings. The molecule has 1 aromatic rings. The number of hydrogen-bond donors (Lipinski definition) is 1. The first-order valence-corrected chi connectivity index (χ1v) is 7.88. The van der Waals surface area contributed by atoms with E-state index in [1.807, 2.05) is 6.07 Å². The van der Waals surface area contributed by atoms with Crippen LogP contribution in [-0.2, 0) is 14.3 Å². The molecule has 5 nitrogen and oxygen atoms in total. The molecule has 22 heavy (non-hydrogen) atoms. The predicted molar refractivity (Wildman–Crippen MR) is 84.3 cm³/mol. The molecule has 1 aliphatic heterocycles. The lowest BCUT2D eigenvalue weighted by Crippen LogP contribution is -2.25. The van der Waals surface area contributed by atoms with Gasteiger partial charge in [-0.15, -0.1) is 11.3 Å². The molecule has 0 amide bonds. The van der Waals surface area contributed by atoms with Crippen molar-refractivity contribution < 1.29 is 14.3 Å². The summed E-state index contributed by atoms with van der Waals surface area (Å²) in [5.41, 5.74) is 6.09. The van der Waals surface area contributed by atoms with Crippen LogP contribution in [0, 0.1) is 11.3 Å². The second-order valence-electron chi connectivity index (χ2n) is 4.38. The highest BCUT2D eigenvalue weighted by Gasteiger charge is 2.38. The van der Waals surface area contributed by atoms with Crippen molar-refractivity contribution in [2.75, 3.05) is 6.61 Å². The molecular formula is C14H12Cl2N2O3S. The molecule has 1 aromatic heterocycles.